The van der Waals surface area contributed by atoms with Crippen LogP contribution in [-0.4, -0.2) is 52.8 Å². The van der Waals surface area contributed by atoms with Gasteiger partial charge in [0.15, 0.2) is 0 Å². The molecule has 0 spiro atoms. The Morgan fingerprint density at radius 3 is 2.47 bits per heavy atom. The van der Waals surface area contributed by atoms with E-state index in [1.54, 1.807) is 4.90 Å². The standard InChI is InChI=1S/C24H34N2O4/c1-17(2)14-24(18-9-7-6-8-10-18)11-12-26(22(29)30-24)20-13-19(23(3,4)5)15-25(16-20)21(27)28/h6-10,19-20H,1,11-16H2,2-5H3,(H,27,28)/t19?,20?,24-/m0/s1. The van der Waals surface area contributed by atoms with Gasteiger partial charge in [-0.1, -0.05) is 63.3 Å². The van der Waals surface area contributed by atoms with Crippen molar-refractivity contribution in [1.29, 1.82) is 0 Å². The average molecular weight is 415 g/mol. The molecule has 3 atom stereocenters. The minimum atomic E-state index is -0.930. The van der Waals surface area contributed by atoms with Gasteiger partial charge in [-0.25, -0.2) is 9.59 Å². The zero-order chi connectivity index (χ0) is 22.1. The Bertz CT molecular complexity index is 801. The van der Waals surface area contributed by atoms with Crippen molar-refractivity contribution in [1.82, 2.24) is 9.80 Å². The van der Waals surface area contributed by atoms with Gasteiger partial charge >= 0.3 is 12.2 Å². The first-order valence-electron chi connectivity index (χ1n) is 10.7. The van der Waals surface area contributed by atoms with E-state index in [0.29, 0.717) is 32.5 Å². The Labute approximate surface area is 179 Å². The van der Waals surface area contributed by atoms with Crippen molar-refractivity contribution >= 4 is 12.2 Å². The van der Waals surface area contributed by atoms with Crippen LogP contribution in [0.5, 0.6) is 0 Å². The number of ether oxygens (including phenoxy) is 1. The molecule has 0 saturated carbocycles. The maximum Gasteiger partial charge on any atom is 0.410 e. The average Bonchev–Trinajstić information content (AvgIpc) is 2.67. The van der Waals surface area contributed by atoms with Crippen LogP contribution in [0.15, 0.2) is 42.5 Å². The molecule has 3 rings (SSSR count). The van der Waals surface area contributed by atoms with Crippen LogP contribution in [-0.2, 0) is 10.3 Å². The highest BCUT2D eigenvalue weighted by molar-refractivity contribution is 5.70. The number of hydrogen-bond donors (Lipinski definition) is 1. The Kier molecular flexibility index (Phi) is 6.16. The SMILES string of the molecule is C=C(C)C[C@]1(c2ccccc2)CCN(C2CC(C(C)(C)C)CN(C(=O)O)C2)C(=O)O1. The minimum absolute atomic E-state index is 0.0419. The Hall–Kier alpha value is -2.50. The van der Waals surface area contributed by atoms with Gasteiger partial charge in [-0.2, -0.15) is 0 Å². The second kappa shape index (κ2) is 8.32. The molecule has 164 valence electrons. The first-order valence-corrected chi connectivity index (χ1v) is 10.7. The summed E-state index contributed by atoms with van der Waals surface area (Å²) in [7, 11) is 0. The molecule has 6 heteroatoms. The number of carboxylic acid groups (broad SMARTS) is 1. The first-order chi connectivity index (χ1) is 14.0. The minimum Gasteiger partial charge on any atom is -0.465 e. The van der Waals surface area contributed by atoms with E-state index in [0.717, 1.165) is 17.6 Å². The van der Waals surface area contributed by atoms with Crippen molar-refractivity contribution in [2.75, 3.05) is 19.6 Å². The third-order valence-corrected chi connectivity index (χ3v) is 6.53. The maximum absolute atomic E-state index is 13.2. The number of carbonyl (C=O) groups excluding carboxylic acids is 1. The topological polar surface area (TPSA) is 70.1 Å². The summed E-state index contributed by atoms with van der Waals surface area (Å²) >= 11 is 0. The van der Waals surface area contributed by atoms with E-state index >= 15 is 0 Å². The fraction of sp³-hybridized carbons (Fsp3) is 0.583. The highest BCUT2D eigenvalue weighted by Crippen LogP contribution is 2.41. The van der Waals surface area contributed by atoms with Gasteiger partial charge < -0.3 is 19.6 Å². The second-order valence-corrected chi connectivity index (χ2v) is 9.95. The van der Waals surface area contributed by atoms with Crippen LogP contribution in [0.25, 0.3) is 0 Å². The third-order valence-electron chi connectivity index (χ3n) is 6.53. The number of amides is 2. The van der Waals surface area contributed by atoms with Crippen LogP contribution >= 0.6 is 0 Å². The lowest BCUT2D eigenvalue weighted by Crippen LogP contribution is -2.59. The maximum atomic E-state index is 13.2. The lowest BCUT2D eigenvalue weighted by atomic mass is 9.74. The molecular formula is C24H34N2O4. The number of hydrogen-bond acceptors (Lipinski definition) is 3. The fourth-order valence-electron chi connectivity index (χ4n) is 4.74. The molecule has 1 aromatic carbocycles. The number of cyclic esters (lactones) is 1. The molecule has 0 bridgehead atoms. The number of benzene rings is 1. The van der Waals surface area contributed by atoms with Gasteiger partial charge in [-0.15, -0.1) is 0 Å². The Morgan fingerprint density at radius 2 is 1.93 bits per heavy atom. The van der Waals surface area contributed by atoms with Gasteiger partial charge in [0.25, 0.3) is 0 Å². The van der Waals surface area contributed by atoms with E-state index < -0.39 is 11.7 Å². The third kappa shape index (κ3) is 4.63. The highest BCUT2D eigenvalue weighted by atomic mass is 16.6. The van der Waals surface area contributed by atoms with E-state index in [9.17, 15) is 14.7 Å². The predicted molar refractivity (Wildman–Crippen MR) is 116 cm³/mol. The zero-order valence-corrected chi connectivity index (χ0v) is 18.6. The summed E-state index contributed by atoms with van der Waals surface area (Å²) in [5.41, 5.74) is 1.18. The summed E-state index contributed by atoms with van der Waals surface area (Å²) in [5, 5.41) is 9.62. The zero-order valence-electron chi connectivity index (χ0n) is 18.6. The molecule has 30 heavy (non-hydrogen) atoms. The first kappa shape index (κ1) is 22.2. The number of likely N-dealkylation sites (tertiary alicyclic amines) is 1. The quantitative estimate of drug-likeness (QED) is 0.696. The smallest absolute Gasteiger partial charge is 0.410 e. The summed E-state index contributed by atoms with van der Waals surface area (Å²) in [5.74, 6) is 0.177. The van der Waals surface area contributed by atoms with E-state index in [1.165, 1.54) is 4.90 Å². The van der Waals surface area contributed by atoms with Crippen LogP contribution in [0, 0.1) is 11.3 Å². The molecule has 2 saturated heterocycles. The van der Waals surface area contributed by atoms with Crippen molar-refractivity contribution in [3.63, 3.8) is 0 Å². The molecule has 2 aliphatic heterocycles. The van der Waals surface area contributed by atoms with Gasteiger partial charge in [0.1, 0.15) is 5.60 Å². The number of carbonyl (C=O) groups is 2. The largest absolute Gasteiger partial charge is 0.465 e. The molecule has 1 N–H and O–H groups in total. The number of piperidine rings is 1. The highest BCUT2D eigenvalue weighted by Gasteiger charge is 2.46. The van der Waals surface area contributed by atoms with Crippen LogP contribution < -0.4 is 0 Å². The molecule has 2 aliphatic rings. The molecule has 0 aromatic heterocycles. The van der Waals surface area contributed by atoms with Gasteiger partial charge in [-0.05, 0) is 30.2 Å². The normalized spacial score (nSPS) is 27.5. The van der Waals surface area contributed by atoms with E-state index in [1.807, 2.05) is 37.3 Å². The number of nitrogens with zero attached hydrogens (tertiary/aromatic N) is 2. The summed E-state index contributed by atoms with van der Waals surface area (Å²) in [6.07, 6.45) is 0.713. The second-order valence-electron chi connectivity index (χ2n) is 9.95. The molecular weight excluding hydrogens is 380 g/mol. The lowest BCUT2D eigenvalue weighted by molar-refractivity contribution is -0.0723. The molecule has 0 radical (unpaired) electrons. The van der Waals surface area contributed by atoms with Crippen LogP contribution in [0.4, 0.5) is 9.59 Å². The Morgan fingerprint density at radius 1 is 1.27 bits per heavy atom. The van der Waals surface area contributed by atoms with E-state index in [4.69, 9.17) is 4.74 Å². The van der Waals surface area contributed by atoms with Crippen LogP contribution in [0.1, 0.15) is 52.5 Å². The van der Waals surface area contributed by atoms with Crippen molar-refractivity contribution in [2.45, 2.75) is 58.6 Å². The summed E-state index contributed by atoms with van der Waals surface area (Å²) in [4.78, 5) is 28.1. The summed E-state index contributed by atoms with van der Waals surface area (Å²) in [6.45, 7) is 13.7. The molecule has 2 fully saturated rings. The van der Waals surface area contributed by atoms with E-state index in [2.05, 4.69) is 27.4 Å². The molecule has 2 amide bonds. The predicted octanol–water partition coefficient (Wildman–Crippen LogP) is 5.11. The number of rotatable bonds is 4. The van der Waals surface area contributed by atoms with E-state index in [-0.39, 0.29) is 23.5 Å². The summed E-state index contributed by atoms with van der Waals surface area (Å²) in [6, 6.07) is 9.67. The molecule has 2 unspecified atom stereocenters. The van der Waals surface area contributed by atoms with Crippen molar-refractivity contribution < 1.29 is 19.4 Å². The monoisotopic (exact) mass is 414 g/mol. The molecule has 6 nitrogen and oxygen atoms in total. The molecule has 1 aromatic rings. The van der Waals surface area contributed by atoms with Gasteiger partial charge in [0, 0.05) is 32.5 Å². The van der Waals surface area contributed by atoms with Gasteiger partial charge in [0.05, 0.1) is 6.04 Å². The van der Waals surface area contributed by atoms with Crippen molar-refractivity contribution in [2.24, 2.45) is 11.3 Å². The molecule has 0 aliphatic carbocycles. The van der Waals surface area contributed by atoms with Gasteiger partial charge in [0.2, 0.25) is 0 Å². The molecule has 2 heterocycles. The summed E-state index contributed by atoms with van der Waals surface area (Å²) < 4.78 is 6.11. The van der Waals surface area contributed by atoms with Gasteiger partial charge in [-0.3, -0.25) is 0 Å². The fourth-order valence-corrected chi connectivity index (χ4v) is 4.74. The van der Waals surface area contributed by atoms with Crippen LogP contribution in [0.2, 0.25) is 0 Å². The van der Waals surface area contributed by atoms with Crippen molar-refractivity contribution in [3.8, 4) is 0 Å². The van der Waals surface area contributed by atoms with Crippen LogP contribution in [0.3, 0.4) is 0 Å². The lowest BCUT2D eigenvalue weighted by Gasteiger charge is -2.49. The van der Waals surface area contributed by atoms with Crippen molar-refractivity contribution in [3.05, 3.63) is 48.0 Å². The Balaban J connectivity index is 1.83.